The van der Waals surface area contributed by atoms with E-state index in [1.807, 2.05) is 13.8 Å². The number of hydrogen-bond donors (Lipinski definition) is 3. The molecule has 6 nitrogen and oxygen atoms in total. The molecular weight excluding hydrogens is 266 g/mol. The van der Waals surface area contributed by atoms with E-state index >= 15 is 0 Å². The fourth-order valence-electron chi connectivity index (χ4n) is 1.45. The highest BCUT2D eigenvalue weighted by molar-refractivity contribution is 7.89. The molecule has 0 saturated heterocycles. The van der Waals surface area contributed by atoms with Gasteiger partial charge in [0, 0.05) is 24.7 Å². The molecule has 0 radical (unpaired) electrons. The van der Waals surface area contributed by atoms with Crippen LogP contribution in [-0.2, 0) is 14.8 Å². The monoisotopic (exact) mass is 285 g/mol. The zero-order valence-electron chi connectivity index (χ0n) is 11.0. The molecule has 4 N–H and O–H groups in total. The van der Waals surface area contributed by atoms with Crippen molar-refractivity contribution in [2.75, 3.05) is 11.9 Å². The zero-order valence-corrected chi connectivity index (χ0v) is 11.8. The molecule has 1 aromatic carbocycles. The third kappa shape index (κ3) is 5.82. The number of carbonyl (C=O) groups excluding carboxylic acids is 1. The highest BCUT2D eigenvalue weighted by Crippen LogP contribution is 2.14. The third-order valence-corrected chi connectivity index (χ3v) is 3.26. The number of amides is 1. The molecule has 0 atom stereocenters. The first kappa shape index (κ1) is 15.6. The smallest absolute Gasteiger partial charge is 0.238 e. The Kier molecular flexibility index (Phi) is 5.46. The van der Waals surface area contributed by atoms with Crippen molar-refractivity contribution in [3.05, 3.63) is 24.3 Å². The minimum atomic E-state index is -3.75. The molecule has 0 aromatic heterocycles. The van der Waals surface area contributed by atoms with E-state index in [1.54, 1.807) is 6.07 Å². The van der Waals surface area contributed by atoms with Crippen LogP contribution in [0.1, 0.15) is 20.3 Å². The Bertz CT molecular complexity index is 541. The standard InChI is InChI=1S/C12H19N3O3S/c1-9(2)14-7-6-12(16)15-10-4-3-5-11(8-10)19(13,17)18/h3-5,8-9,14H,6-7H2,1-2H3,(H,15,16)(H2,13,17,18). The number of nitrogens with one attached hydrogen (secondary N) is 2. The Morgan fingerprint density at radius 1 is 1.37 bits per heavy atom. The van der Waals surface area contributed by atoms with Gasteiger partial charge in [0.05, 0.1) is 4.90 Å². The first-order valence-corrected chi connectivity index (χ1v) is 7.50. The lowest BCUT2D eigenvalue weighted by Crippen LogP contribution is -2.27. The average molecular weight is 285 g/mol. The van der Waals surface area contributed by atoms with Gasteiger partial charge in [-0.2, -0.15) is 0 Å². The van der Waals surface area contributed by atoms with Gasteiger partial charge >= 0.3 is 0 Å². The van der Waals surface area contributed by atoms with Crippen molar-refractivity contribution >= 4 is 21.6 Å². The summed E-state index contributed by atoms with van der Waals surface area (Å²) in [6.45, 7) is 4.55. The van der Waals surface area contributed by atoms with Gasteiger partial charge in [-0.15, -0.1) is 0 Å². The predicted octanol–water partition coefficient (Wildman–Crippen LogP) is 0.661. The normalized spacial score (nSPS) is 11.6. The second kappa shape index (κ2) is 6.65. The third-order valence-electron chi connectivity index (χ3n) is 2.35. The SMILES string of the molecule is CC(C)NCCC(=O)Nc1cccc(S(N)(=O)=O)c1. The van der Waals surface area contributed by atoms with Crippen molar-refractivity contribution < 1.29 is 13.2 Å². The molecule has 0 spiro atoms. The molecule has 0 heterocycles. The Balaban J connectivity index is 2.60. The van der Waals surface area contributed by atoms with Crippen LogP contribution >= 0.6 is 0 Å². The summed E-state index contributed by atoms with van der Waals surface area (Å²) in [5.74, 6) is -0.181. The molecule has 7 heteroatoms. The Morgan fingerprint density at radius 3 is 2.63 bits per heavy atom. The van der Waals surface area contributed by atoms with Gasteiger partial charge in [0.2, 0.25) is 15.9 Å². The molecule has 0 fully saturated rings. The summed E-state index contributed by atoms with van der Waals surface area (Å²) in [5, 5.41) is 10.8. The second-order valence-corrected chi connectivity index (χ2v) is 6.04. The number of nitrogens with two attached hydrogens (primary N) is 1. The van der Waals surface area contributed by atoms with Gasteiger partial charge in [0.15, 0.2) is 0 Å². The fraction of sp³-hybridized carbons (Fsp3) is 0.417. The minimum absolute atomic E-state index is 0.0226. The van der Waals surface area contributed by atoms with Crippen molar-refractivity contribution in [3.8, 4) is 0 Å². The van der Waals surface area contributed by atoms with Gasteiger partial charge in [0.1, 0.15) is 0 Å². The second-order valence-electron chi connectivity index (χ2n) is 4.48. The van der Waals surface area contributed by atoms with Crippen LogP contribution < -0.4 is 15.8 Å². The maximum atomic E-state index is 11.6. The van der Waals surface area contributed by atoms with Crippen molar-refractivity contribution in [2.45, 2.75) is 31.2 Å². The van der Waals surface area contributed by atoms with Crippen LogP contribution in [0.3, 0.4) is 0 Å². The van der Waals surface area contributed by atoms with E-state index in [0.717, 1.165) is 0 Å². The molecule has 0 unspecified atom stereocenters. The summed E-state index contributed by atoms with van der Waals surface area (Å²) < 4.78 is 22.3. The summed E-state index contributed by atoms with van der Waals surface area (Å²) >= 11 is 0. The van der Waals surface area contributed by atoms with E-state index in [-0.39, 0.29) is 10.8 Å². The number of benzene rings is 1. The van der Waals surface area contributed by atoms with E-state index in [2.05, 4.69) is 10.6 Å². The van der Waals surface area contributed by atoms with Gasteiger partial charge in [-0.05, 0) is 18.2 Å². The molecule has 0 saturated carbocycles. The van der Waals surface area contributed by atoms with Crippen LogP contribution in [0.2, 0.25) is 0 Å². The number of carbonyl (C=O) groups is 1. The fourth-order valence-corrected chi connectivity index (χ4v) is 2.01. The minimum Gasteiger partial charge on any atom is -0.326 e. The molecule has 19 heavy (non-hydrogen) atoms. The van der Waals surface area contributed by atoms with Crippen LogP contribution in [0.25, 0.3) is 0 Å². The quantitative estimate of drug-likeness (QED) is 0.714. The number of sulfonamides is 1. The first-order chi connectivity index (χ1) is 8.79. The van der Waals surface area contributed by atoms with Crippen LogP contribution in [0.4, 0.5) is 5.69 Å². The molecule has 1 amide bonds. The van der Waals surface area contributed by atoms with E-state index in [9.17, 15) is 13.2 Å². The topological polar surface area (TPSA) is 101 Å². The molecule has 1 rings (SSSR count). The summed E-state index contributed by atoms with van der Waals surface area (Å²) in [5.41, 5.74) is 0.418. The van der Waals surface area contributed by atoms with Crippen LogP contribution in [-0.4, -0.2) is 26.9 Å². The molecule has 0 aliphatic heterocycles. The Hall–Kier alpha value is -1.44. The molecule has 0 aliphatic carbocycles. The highest BCUT2D eigenvalue weighted by Gasteiger charge is 2.09. The lowest BCUT2D eigenvalue weighted by molar-refractivity contribution is -0.116. The number of rotatable bonds is 6. The summed E-state index contributed by atoms with van der Waals surface area (Å²) in [7, 11) is -3.75. The van der Waals surface area contributed by atoms with E-state index in [0.29, 0.717) is 24.7 Å². The van der Waals surface area contributed by atoms with E-state index in [4.69, 9.17) is 5.14 Å². The molecular formula is C12H19N3O3S. The first-order valence-electron chi connectivity index (χ1n) is 5.95. The highest BCUT2D eigenvalue weighted by atomic mass is 32.2. The maximum Gasteiger partial charge on any atom is 0.238 e. The van der Waals surface area contributed by atoms with Crippen LogP contribution in [0, 0.1) is 0 Å². The lowest BCUT2D eigenvalue weighted by Gasteiger charge is -2.09. The lowest BCUT2D eigenvalue weighted by atomic mass is 10.3. The van der Waals surface area contributed by atoms with Gasteiger partial charge in [-0.25, -0.2) is 13.6 Å². The van der Waals surface area contributed by atoms with Gasteiger partial charge in [-0.3, -0.25) is 4.79 Å². The number of primary sulfonamides is 1. The Morgan fingerprint density at radius 2 is 2.05 bits per heavy atom. The van der Waals surface area contributed by atoms with E-state index < -0.39 is 10.0 Å². The van der Waals surface area contributed by atoms with Gasteiger partial charge in [0.25, 0.3) is 0 Å². The van der Waals surface area contributed by atoms with Crippen LogP contribution in [0.5, 0.6) is 0 Å². The van der Waals surface area contributed by atoms with Crippen molar-refractivity contribution in [1.82, 2.24) is 5.32 Å². The number of anilines is 1. The van der Waals surface area contributed by atoms with Crippen molar-refractivity contribution in [2.24, 2.45) is 5.14 Å². The van der Waals surface area contributed by atoms with Crippen molar-refractivity contribution in [1.29, 1.82) is 0 Å². The largest absolute Gasteiger partial charge is 0.326 e. The van der Waals surface area contributed by atoms with Gasteiger partial charge in [-0.1, -0.05) is 19.9 Å². The molecule has 0 aliphatic rings. The van der Waals surface area contributed by atoms with Crippen molar-refractivity contribution in [3.63, 3.8) is 0 Å². The molecule has 1 aromatic rings. The average Bonchev–Trinajstić information content (AvgIpc) is 2.27. The zero-order chi connectivity index (χ0) is 14.5. The van der Waals surface area contributed by atoms with Crippen LogP contribution in [0.15, 0.2) is 29.2 Å². The maximum absolute atomic E-state index is 11.6. The molecule has 0 bridgehead atoms. The summed E-state index contributed by atoms with van der Waals surface area (Å²) in [4.78, 5) is 11.6. The van der Waals surface area contributed by atoms with Gasteiger partial charge < -0.3 is 10.6 Å². The summed E-state index contributed by atoms with van der Waals surface area (Å²) in [6.07, 6.45) is 0.317. The molecule has 106 valence electrons. The number of hydrogen-bond acceptors (Lipinski definition) is 4. The Labute approximate surface area is 113 Å². The van der Waals surface area contributed by atoms with E-state index in [1.165, 1.54) is 18.2 Å². The summed E-state index contributed by atoms with van der Waals surface area (Å²) in [6, 6.07) is 6.18. The predicted molar refractivity (Wildman–Crippen MR) is 74.2 cm³/mol.